The summed E-state index contributed by atoms with van der Waals surface area (Å²) in [4.78, 5) is 10.4. The fraction of sp³-hybridized carbons (Fsp3) is 0.417. The minimum absolute atomic E-state index is 0.0570. The van der Waals surface area contributed by atoms with E-state index in [2.05, 4.69) is 0 Å². The minimum Gasteiger partial charge on any atom is -0.496 e. The van der Waals surface area contributed by atoms with Gasteiger partial charge in [0, 0.05) is 12.0 Å². The number of benzene rings is 1. The Kier molecular flexibility index (Phi) is 4.79. The number of ether oxygens (including phenoxy) is 1. The summed E-state index contributed by atoms with van der Waals surface area (Å²) in [6, 6.07) is 5.53. The molecule has 4 heteroatoms. The van der Waals surface area contributed by atoms with Crippen molar-refractivity contribution in [1.82, 2.24) is 0 Å². The zero-order chi connectivity index (χ0) is 12.0. The highest BCUT2D eigenvalue weighted by atomic mass is 16.5. The average molecular weight is 224 g/mol. The SMILES string of the molecule is COc1cc(CCCC(=O)O)ccc1CO. The van der Waals surface area contributed by atoms with Crippen LogP contribution in [0, 0.1) is 0 Å². The van der Waals surface area contributed by atoms with E-state index in [0.717, 1.165) is 11.1 Å². The van der Waals surface area contributed by atoms with Gasteiger partial charge in [0.25, 0.3) is 0 Å². The van der Waals surface area contributed by atoms with Crippen molar-refractivity contribution >= 4 is 5.97 Å². The van der Waals surface area contributed by atoms with Crippen molar-refractivity contribution in [2.24, 2.45) is 0 Å². The van der Waals surface area contributed by atoms with E-state index in [1.54, 1.807) is 13.2 Å². The highest BCUT2D eigenvalue weighted by Crippen LogP contribution is 2.21. The van der Waals surface area contributed by atoms with Crippen LogP contribution in [-0.2, 0) is 17.8 Å². The molecule has 0 aliphatic rings. The molecule has 0 saturated heterocycles. The number of carbonyl (C=O) groups is 1. The number of aliphatic hydroxyl groups is 1. The van der Waals surface area contributed by atoms with Crippen LogP contribution in [0.15, 0.2) is 18.2 Å². The summed E-state index contributed by atoms with van der Waals surface area (Å²) in [5.41, 5.74) is 1.76. The molecule has 0 spiro atoms. The van der Waals surface area contributed by atoms with Crippen LogP contribution in [-0.4, -0.2) is 23.3 Å². The van der Waals surface area contributed by atoms with E-state index in [9.17, 15) is 4.79 Å². The van der Waals surface area contributed by atoms with Crippen molar-refractivity contribution in [3.05, 3.63) is 29.3 Å². The van der Waals surface area contributed by atoms with Crippen molar-refractivity contribution in [1.29, 1.82) is 0 Å². The molecule has 0 amide bonds. The second kappa shape index (κ2) is 6.12. The first-order chi connectivity index (χ1) is 7.67. The van der Waals surface area contributed by atoms with Gasteiger partial charge in [0.2, 0.25) is 0 Å². The first-order valence-electron chi connectivity index (χ1n) is 5.16. The third-order valence-corrected chi connectivity index (χ3v) is 2.38. The molecule has 4 nitrogen and oxygen atoms in total. The normalized spacial score (nSPS) is 10.1. The molecule has 0 bridgehead atoms. The molecule has 0 aliphatic heterocycles. The smallest absolute Gasteiger partial charge is 0.303 e. The molecule has 0 aromatic heterocycles. The number of hydrogen-bond donors (Lipinski definition) is 2. The molecule has 2 N–H and O–H groups in total. The van der Waals surface area contributed by atoms with E-state index in [0.29, 0.717) is 18.6 Å². The van der Waals surface area contributed by atoms with E-state index < -0.39 is 5.97 Å². The molecule has 0 saturated carbocycles. The molecule has 1 rings (SSSR count). The quantitative estimate of drug-likeness (QED) is 0.770. The second-order valence-electron chi connectivity index (χ2n) is 3.55. The van der Waals surface area contributed by atoms with Crippen LogP contribution in [0.4, 0.5) is 0 Å². The van der Waals surface area contributed by atoms with Gasteiger partial charge in [0.15, 0.2) is 0 Å². The number of rotatable bonds is 6. The van der Waals surface area contributed by atoms with Gasteiger partial charge in [-0.3, -0.25) is 4.79 Å². The number of methoxy groups -OCH3 is 1. The van der Waals surface area contributed by atoms with E-state index in [4.69, 9.17) is 14.9 Å². The van der Waals surface area contributed by atoms with Crippen LogP contribution in [0.1, 0.15) is 24.0 Å². The van der Waals surface area contributed by atoms with E-state index in [1.807, 2.05) is 12.1 Å². The van der Waals surface area contributed by atoms with Crippen LogP contribution in [0.3, 0.4) is 0 Å². The largest absolute Gasteiger partial charge is 0.496 e. The Labute approximate surface area is 94.5 Å². The second-order valence-corrected chi connectivity index (χ2v) is 3.55. The predicted octanol–water partition coefficient (Wildman–Crippen LogP) is 1.59. The first-order valence-corrected chi connectivity index (χ1v) is 5.16. The Morgan fingerprint density at radius 3 is 2.75 bits per heavy atom. The van der Waals surface area contributed by atoms with Crippen molar-refractivity contribution < 1.29 is 19.7 Å². The third kappa shape index (κ3) is 3.55. The van der Waals surface area contributed by atoms with E-state index >= 15 is 0 Å². The standard InChI is InChI=1S/C12H16O4/c1-16-11-7-9(3-2-4-12(14)15)5-6-10(11)8-13/h5-7,13H,2-4,8H2,1H3,(H,14,15). The van der Waals surface area contributed by atoms with Crippen LogP contribution in [0.5, 0.6) is 5.75 Å². The number of carboxylic acid groups (broad SMARTS) is 1. The van der Waals surface area contributed by atoms with Gasteiger partial charge in [-0.2, -0.15) is 0 Å². The van der Waals surface area contributed by atoms with E-state index in [1.165, 1.54) is 0 Å². The molecule has 0 unspecified atom stereocenters. The van der Waals surface area contributed by atoms with Gasteiger partial charge in [-0.15, -0.1) is 0 Å². The van der Waals surface area contributed by atoms with Crippen molar-refractivity contribution in [3.8, 4) is 5.75 Å². The zero-order valence-electron chi connectivity index (χ0n) is 9.27. The van der Waals surface area contributed by atoms with Gasteiger partial charge in [-0.05, 0) is 24.5 Å². The molecule has 88 valence electrons. The molecular formula is C12H16O4. The molecule has 1 aromatic carbocycles. The fourth-order valence-corrected chi connectivity index (χ4v) is 1.52. The summed E-state index contributed by atoms with van der Waals surface area (Å²) < 4.78 is 5.13. The summed E-state index contributed by atoms with van der Waals surface area (Å²) in [5.74, 6) is -0.130. The Morgan fingerprint density at radius 2 is 2.19 bits per heavy atom. The third-order valence-electron chi connectivity index (χ3n) is 2.38. The Balaban J connectivity index is 2.64. The Hall–Kier alpha value is -1.55. The summed E-state index contributed by atoms with van der Waals surface area (Å²) in [6.07, 6.45) is 1.48. The van der Waals surface area contributed by atoms with Gasteiger partial charge in [-0.1, -0.05) is 12.1 Å². The summed E-state index contributed by atoms with van der Waals surface area (Å²) in [6.45, 7) is -0.0570. The first kappa shape index (κ1) is 12.5. The lowest BCUT2D eigenvalue weighted by molar-refractivity contribution is -0.137. The van der Waals surface area contributed by atoms with Gasteiger partial charge >= 0.3 is 5.97 Å². The van der Waals surface area contributed by atoms with Crippen LogP contribution in [0.25, 0.3) is 0 Å². The molecule has 0 aliphatic carbocycles. The van der Waals surface area contributed by atoms with E-state index in [-0.39, 0.29) is 13.0 Å². The molecule has 0 radical (unpaired) electrons. The maximum absolute atomic E-state index is 10.4. The Bertz CT molecular complexity index is 360. The van der Waals surface area contributed by atoms with Crippen molar-refractivity contribution in [2.45, 2.75) is 25.9 Å². The molecule has 1 aromatic rings. The lowest BCUT2D eigenvalue weighted by atomic mass is 10.1. The van der Waals surface area contributed by atoms with Crippen molar-refractivity contribution in [3.63, 3.8) is 0 Å². The van der Waals surface area contributed by atoms with Gasteiger partial charge in [-0.25, -0.2) is 0 Å². The summed E-state index contributed by atoms with van der Waals surface area (Å²) in [5, 5.41) is 17.5. The van der Waals surface area contributed by atoms with Crippen LogP contribution in [0.2, 0.25) is 0 Å². The Morgan fingerprint density at radius 1 is 1.44 bits per heavy atom. The molecule has 0 heterocycles. The number of hydrogen-bond acceptors (Lipinski definition) is 3. The monoisotopic (exact) mass is 224 g/mol. The fourth-order valence-electron chi connectivity index (χ4n) is 1.52. The molecular weight excluding hydrogens is 208 g/mol. The van der Waals surface area contributed by atoms with Gasteiger partial charge < -0.3 is 14.9 Å². The zero-order valence-corrected chi connectivity index (χ0v) is 9.27. The topological polar surface area (TPSA) is 66.8 Å². The lowest BCUT2D eigenvalue weighted by Crippen LogP contribution is -1.97. The maximum atomic E-state index is 10.4. The number of aliphatic carboxylic acids is 1. The lowest BCUT2D eigenvalue weighted by Gasteiger charge is -2.08. The molecule has 0 fully saturated rings. The average Bonchev–Trinajstić information content (AvgIpc) is 2.28. The highest BCUT2D eigenvalue weighted by Gasteiger charge is 2.04. The van der Waals surface area contributed by atoms with Crippen LogP contribution < -0.4 is 4.74 Å². The van der Waals surface area contributed by atoms with Crippen LogP contribution >= 0.6 is 0 Å². The maximum Gasteiger partial charge on any atom is 0.303 e. The minimum atomic E-state index is -0.779. The number of carboxylic acids is 1. The van der Waals surface area contributed by atoms with Crippen molar-refractivity contribution in [2.75, 3.05) is 7.11 Å². The highest BCUT2D eigenvalue weighted by molar-refractivity contribution is 5.66. The summed E-state index contributed by atoms with van der Waals surface area (Å²) in [7, 11) is 1.55. The number of aliphatic hydroxyl groups excluding tert-OH is 1. The molecule has 16 heavy (non-hydrogen) atoms. The predicted molar refractivity (Wildman–Crippen MR) is 59.5 cm³/mol. The van der Waals surface area contributed by atoms with Gasteiger partial charge in [0.1, 0.15) is 5.75 Å². The molecule has 0 atom stereocenters. The number of aryl methyl sites for hydroxylation is 1. The summed E-state index contributed by atoms with van der Waals surface area (Å²) >= 11 is 0. The van der Waals surface area contributed by atoms with Gasteiger partial charge in [0.05, 0.1) is 13.7 Å².